The number of carbonyl (C=O) groups excluding carboxylic acids is 1. The van der Waals surface area contributed by atoms with Crippen molar-refractivity contribution in [3.8, 4) is 0 Å². The van der Waals surface area contributed by atoms with E-state index in [-0.39, 0.29) is 17.2 Å². The van der Waals surface area contributed by atoms with Crippen LogP contribution in [0.25, 0.3) is 0 Å². The maximum atomic E-state index is 12.6. The van der Waals surface area contributed by atoms with Gasteiger partial charge in [-0.05, 0) is 6.92 Å². The molecule has 1 N–H and O–H groups in total. The van der Waals surface area contributed by atoms with Crippen LogP contribution in [0.1, 0.15) is 10.7 Å². The SMILES string of the molecule is COCCn1c(SCC(=O)Nc2nnc(C)s2)nc2c(c1=O)SCC2. The second-order valence-electron chi connectivity index (χ2n) is 5.18. The Morgan fingerprint density at radius 2 is 2.28 bits per heavy atom. The Balaban J connectivity index is 1.73. The topological polar surface area (TPSA) is 99.0 Å². The molecule has 2 aromatic rings. The Hall–Kier alpha value is -1.43. The Morgan fingerprint density at radius 3 is 3.00 bits per heavy atom. The van der Waals surface area contributed by atoms with E-state index in [1.807, 2.05) is 6.92 Å². The molecule has 3 rings (SSSR count). The summed E-state index contributed by atoms with van der Waals surface area (Å²) in [6, 6.07) is 0. The molecule has 0 bridgehead atoms. The fourth-order valence-corrected chi connectivity index (χ4v) is 4.74. The zero-order chi connectivity index (χ0) is 17.8. The van der Waals surface area contributed by atoms with Crippen molar-refractivity contribution in [1.29, 1.82) is 0 Å². The van der Waals surface area contributed by atoms with E-state index < -0.39 is 0 Å². The summed E-state index contributed by atoms with van der Waals surface area (Å²) < 4.78 is 6.68. The van der Waals surface area contributed by atoms with E-state index in [4.69, 9.17) is 4.74 Å². The molecule has 0 atom stereocenters. The molecule has 1 aliphatic rings. The summed E-state index contributed by atoms with van der Waals surface area (Å²) in [6.45, 7) is 2.65. The summed E-state index contributed by atoms with van der Waals surface area (Å²) >= 11 is 4.10. The molecule has 1 aliphatic heterocycles. The van der Waals surface area contributed by atoms with Gasteiger partial charge in [-0.15, -0.1) is 22.0 Å². The lowest BCUT2D eigenvalue weighted by molar-refractivity contribution is -0.113. The number of anilines is 1. The zero-order valence-corrected chi connectivity index (χ0v) is 16.2. The maximum absolute atomic E-state index is 12.6. The molecule has 134 valence electrons. The van der Waals surface area contributed by atoms with Crippen LogP contribution in [0.4, 0.5) is 5.13 Å². The standard InChI is InChI=1S/C14H17N5O3S3/c1-8-17-18-13(25-8)16-10(20)7-24-14-15-9-3-6-23-11(9)12(21)19(14)4-5-22-2/h3-7H2,1-2H3,(H,16,18,20). The first kappa shape index (κ1) is 18.4. The van der Waals surface area contributed by atoms with E-state index in [1.54, 1.807) is 23.4 Å². The quantitative estimate of drug-likeness (QED) is 0.551. The minimum Gasteiger partial charge on any atom is -0.383 e. The molecule has 0 radical (unpaired) electrons. The normalized spacial score (nSPS) is 13.0. The number of rotatable bonds is 7. The Morgan fingerprint density at radius 1 is 1.44 bits per heavy atom. The first-order valence-electron chi connectivity index (χ1n) is 7.56. The Kier molecular flexibility index (Phi) is 6.10. The van der Waals surface area contributed by atoms with E-state index in [9.17, 15) is 9.59 Å². The molecule has 0 saturated heterocycles. The summed E-state index contributed by atoms with van der Waals surface area (Å²) in [5.74, 6) is 0.806. The molecule has 1 amide bonds. The molecule has 25 heavy (non-hydrogen) atoms. The minimum atomic E-state index is -0.205. The van der Waals surface area contributed by atoms with Gasteiger partial charge in [-0.3, -0.25) is 19.5 Å². The maximum Gasteiger partial charge on any atom is 0.268 e. The molecule has 8 nitrogen and oxygen atoms in total. The number of carbonyl (C=O) groups is 1. The van der Waals surface area contributed by atoms with Crippen LogP contribution in [-0.4, -0.2) is 50.9 Å². The van der Waals surface area contributed by atoms with Crippen LogP contribution in [0, 0.1) is 6.92 Å². The van der Waals surface area contributed by atoms with Crippen molar-refractivity contribution in [2.24, 2.45) is 0 Å². The van der Waals surface area contributed by atoms with Crippen molar-refractivity contribution in [1.82, 2.24) is 19.7 Å². The van der Waals surface area contributed by atoms with Gasteiger partial charge in [-0.1, -0.05) is 23.1 Å². The van der Waals surface area contributed by atoms with Gasteiger partial charge in [0.05, 0.1) is 29.5 Å². The highest BCUT2D eigenvalue weighted by atomic mass is 32.2. The van der Waals surface area contributed by atoms with Crippen molar-refractivity contribution in [2.75, 3.05) is 30.5 Å². The van der Waals surface area contributed by atoms with Gasteiger partial charge in [0.15, 0.2) is 5.16 Å². The number of aryl methyl sites for hydroxylation is 2. The summed E-state index contributed by atoms with van der Waals surface area (Å²) in [5.41, 5.74) is 0.776. The molecule has 0 unspecified atom stereocenters. The van der Waals surface area contributed by atoms with Crippen LogP contribution in [0.5, 0.6) is 0 Å². The third kappa shape index (κ3) is 4.40. The van der Waals surface area contributed by atoms with Crippen LogP contribution >= 0.6 is 34.9 Å². The van der Waals surface area contributed by atoms with Gasteiger partial charge >= 0.3 is 0 Å². The molecule has 2 aromatic heterocycles. The highest BCUT2D eigenvalue weighted by Gasteiger charge is 2.22. The van der Waals surface area contributed by atoms with Crippen molar-refractivity contribution < 1.29 is 9.53 Å². The number of amides is 1. The highest BCUT2D eigenvalue weighted by molar-refractivity contribution is 8.00. The number of hydrogen-bond acceptors (Lipinski definition) is 9. The van der Waals surface area contributed by atoms with E-state index in [0.29, 0.717) is 28.3 Å². The molecule has 0 spiro atoms. The average Bonchev–Trinajstić information content (AvgIpc) is 3.21. The second kappa shape index (κ2) is 8.30. The van der Waals surface area contributed by atoms with Gasteiger partial charge in [0.25, 0.3) is 5.56 Å². The lowest BCUT2D eigenvalue weighted by Crippen LogP contribution is -2.27. The highest BCUT2D eigenvalue weighted by Crippen LogP contribution is 2.28. The van der Waals surface area contributed by atoms with Gasteiger partial charge in [0, 0.05) is 19.3 Å². The number of aromatic nitrogens is 4. The first-order valence-corrected chi connectivity index (χ1v) is 10.4. The van der Waals surface area contributed by atoms with E-state index >= 15 is 0 Å². The number of hydrogen-bond donors (Lipinski definition) is 1. The van der Waals surface area contributed by atoms with Crippen molar-refractivity contribution >= 4 is 45.9 Å². The number of ether oxygens (including phenoxy) is 1. The molecule has 0 aromatic carbocycles. The third-order valence-electron chi connectivity index (χ3n) is 3.37. The van der Waals surface area contributed by atoms with Crippen LogP contribution in [0.15, 0.2) is 14.8 Å². The van der Waals surface area contributed by atoms with E-state index in [1.165, 1.54) is 23.1 Å². The fraction of sp³-hybridized carbons (Fsp3) is 0.500. The number of thioether (sulfide) groups is 2. The largest absolute Gasteiger partial charge is 0.383 e. The fourth-order valence-electron chi connectivity index (χ4n) is 2.25. The van der Waals surface area contributed by atoms with Gasteiger partial charge in [-0.25, -0.2) is 4.98 Å². The van der Waals surface area contributed by atoms with Gasteiger partial charge in [0.2, 0.25) is 11.0 Å². The molecular weight excluding hydrogens is 382 g/mol. The first-order chi connectivity index (χ1) is 12.1. The average molecular weight is 400 g/mol. The predicted octanol–water partition coefficient (Wildman–Crippen LogP) is 1.43. The van der Waals surface area contributed by atoms with Gasteiger partial charge in [-0.2, -0.15) is 0 Å². The number of nitrogens with zero attached hydrogens (tertiary/aromatic N) is 4. The van der Waals surface area contributed by atoms with Crippen molar-refractivity contribution in [2.45, 2.75) is 29.9 Å². The van der Waals surface area contributed by atoms with Gasteiger partial charge in [0.1, 0.15) is 5.01 Å². The lowest BCUT2D eigenvalue weighted by atomic mass is 10.3. The predicted molar refractivity (Wildman–Crippen MR) is 98.8 cm³/mol. The van der Waals surface area contributed by atoms with E-state index in [2.05, 4.69) is 20.5 Å². The number of methoxy groups -OCH3 is 1. The van der Waals surface area contributed by atoms with Crippen LogP contribution in [-0.2, 0) is 22.5 Å². The monoisotopic (exact) mass is 399 g/mol. The number of nitrogens with one attached hydrogen (secondary N) is 1. The van der Waals surface area contributed by atoms with Crippen LogP contribution in [0.2, 0.25) is 0 Å². The Labute approximate surface area is 156 Å². The molecule has 0 saturated carbocycles. The van der Waals surface area contributed by atoms with Gasteiger partial charge < -0.3 is 4.74 Å². The van der Waals surface area contributed by atoms with Crippen LogP contribution < -0.4 is 10.9 Å². The summed E-state index contributed by atoms with van der Waals surface area (Å²) in [6.07, 6.45) is 0.782. The van der Waals surface area contributed by atoms with Crippen molar-refractivity contribution in [3.05, 3.63) is 21.1 Å². The molecular formula is C14H17N5O3S3. The Bertz CT molecular complexity index is 836. The smallest absolute Gasteiger partial charge is 0.268 e. The minimum absolute atomic E-state index is 0.0489. The summed E-state index contributed by atoms with van der Waals surface area (Å²) in [4.78, 5) is 30.1. The van der Waals surface area contributed by atoms with Crippen LogP contribution in [0.3, 0.4) is 0 Å². The molecule has 11 heteroatoms. The summed E-state index contributed by atoms with van der Waals surface area (Å²) in [7, 11) is 1.59. The third-order valence-corrected chi connectivity index (χ3v) is 6.21. The lowest BCUT2D eigenvalue weighted by Gasteiger charge is -2.13. The summed E-state index contributed by atoms with van der Waals surface area (Å²) in [5, 5.41) is 12.2. The van der Waals surface area contributed by atoms with Crippen molar-refractivity contribution in [3.63, 3.8) is 0 Å². The molecule has 0 fully saturated rings. The molecule has 3 heterocycles. The second-order valence-corrected chi connectivity index (χ2v) is 8.41. The zero-order valence-electron chi connectivity index (χ0n) is 13.8. The number of fused-ring (bicyclic) bond motifs is 1. The molecule has 0 aliphatic carbocycles. The van der Waals surface area contributed by atoms with E-state index in [0.717, 1.165) is 22.9 Å².